The first-order valence-corrected chi connectivity index (χ1v) is 7.01. The van der Waals surface area contributed by atoms with E-state index in [1.165, 1.54) is 11.8 Å². The molecule has 5 heteroatoms. The number of benzene rings is 1. The first-order valence-electron chi connectivity index (χ1n) is 5.85. The van der Waals surface area contributed by atoms with Crippen molar-refractivity contribution in [3.63, 3.8) is 0 Å². The van der Waals surface area contributed by atoms with Gasteiger partial charge in [-0.25, -0.2) is 9.59 Å². The van der Waals surface area contributed by atoms with E-state index in [2.05, 4.69) is 6.58 Å². The molecule has 0 aliphatic carbocycles. The lowest BCUT2D eigenvalue weighted by atomic mass is 10.2. The van der Waals surface area contributed by atoms with Crippen LogP contribution in [0.25, 0.3) is 0 Å². The third kappa shape index (κ3) is 3.86. The molecule has 0 bridgehead atoms. The predicted octanol–water partition coefficient (Wildman–Crippen LogP) is 2.06. The summed E-state index contributed by atoms with van der Waals surface area (Å²) in [7, 11) is 0. The molecule has 0 aromatic heterocycles. The Labute approximate surface area is 115 Å². The number of hydrogen-bond acceptors (Lipinski definition) is 5. The zero-order valence-corrected chi connectivity index (χ0v) is 11.2. The average molecular weight is 278 g/mol. The number of rotatable bonds is 2. The molecule has 0 spiro atoms. The minimum Gasteiger partial charge on any atom is -0.458 e. The van der Waals surface area contributed by atoms with Gasteiger partial charge in [0.25, 0.3) is 0 Å². The molecule has 1 heterocycles. The van der Waals surface area contributed by atoms with Gasteiger partial charge in [-0.05, 0) is 12.1 Å². The summed E-state index contributed by atoms with van der Waals surface area (Å²) in [5.41, 5.74) is 0.933. The summed E-state index contributed by atoms with van der Waals surface area (Å²) in [5.74, 6) is 0.262. The number of hydrogen-bond donors (Lipinski definition) is 0. The molecule has 0 amide bonds. The third-order valence-corrected chi connectivity index (χ3v) is 3.71. The molecular weight excluding hydrogens is 264 g/mol. The van der Waals surface area contributed by atoms with Gasteiger partial charge in [-0.15, -0.1) is 0 Å². The Bertz CT molecular complexity index is 483. The van der Waals surface area contributed by atoms with E-state index >= 15 is 0 Å². The topological polar surface area (TPSA) is 52.6 Å². The average Bonchev–Trinajstić information content (AvgIpc) is 2.43. The normalized spacial score (nSPS) is 20.1. The van der Waals surface area contributed by atoms with Gasteiger partial charge in [0.1, 0.15) is 12.7 Å². The SMILES string of the molecule is C=C1CSCC(OC(=O)c2ccccc2)COC1=O. The van der Waals surface area contributed by atoms with Crippen LogP contribution in [-0.2, 0) is 14.3 Å². The lowest BCUT2D eigenvalue weighted by Gasteiger charge is -2.20. The quantitative estimate of drug-likeness (QED) is 0.612. The number of carbonyl (C=O) groups excluding carboxylic acids is 2. The maximum atomic E-state index is 11.9. The summed E-state index contributed by atoms with van der Waals surface area (Å²) < 4.78 is 10.3. The molecule has 100 valence electrons. The number of ether oxygens (including phenoxy) is 2. The lowest BCUT2D eigenvalue weighted by molar-refractivity contribution is -0.141. The van der Waals surface area contributed by atoms with E-state index < -0.39 is 18.0 Å². The van der Waals surface area contributed by atoms with E-state index in [0.29, 0.717) is 22.6 Å². The Balaban J connectivity index is 1.93. The monoisotopic (exact) mass is 278 g/mol. The number of cyclic esters (lactones) is 1. The molecule has 4 nitrogen and oxygen atoms in total. The molecule has 1 unspecified atom stereocenters. The first kappa shape index (κ1) is 13.7. The smallest absolute Gasteiger partial charge is 0.338 e. The van der Waals surface area contributed by atoms with Crippen molar-refractivity contribution in [1.29, 1.82) is 0 Å². The maximum Gasteiger partial charge on any atom is 0.338 e. The summed E-state index contributed by atoms with van der Waals surface area (Å²) in [5, 5.41) is 0. The van der Waals surface area contributed by atoms with Crippen molar-refractivity contribution in [3.8, 4) is 0 Å². The van der Waals surface area contributed by atoms with Gasteiger partial charge in [0.15, 0.2) is 0 Å². The van der Waals surface area contributed by atoms with Crippen LogP contribution in [0.15, 0.2) is 42.5 Å². The van der Waals surface area contributed by atoms with E-state index in [4.69, 9.17) is 9.47 Å². The van der Waals surface area contributed by atoms with Crippen LogP contribution in [0.5, 0.6) is 0 Å². The summed E-state index contributed by atoms with van der Waals surface area (Å²) in [4.78, 5) is 23.3. The molecule has 1 aliphatic rings. The second-order valence-corrected chi connectivity index (χ2v) is 5.14. The van der Waals surface area contributed by atoms with Crippen LogP contribution in [0.2, 0.25) is 0 Å². The number of carbonyl (C=O) groups is 2. The van der Waals surface area contributed by atoms with E-state index in [-0.39, 0.29) is 6.61 Å². The third-order valence-electron chi connectivity index (χ3n) is 2.55. The molecule has 19 heavy (non-hydrogen) atoms. The molecular formula is C14H14O4S. The van der Waals surface area contributed by atoms with Gasteiger partial charge in [0.05, 0.1) is 5.56 Å². The Kier molecular flexibility index (Phi) is 4.63. The van der Waals surface area contributed by atoms with Gasteiger partial charge in [-0.1, -0.05) is 24.8 Å². The maximum absolute atomic E-state index is 11.9. The van der Waals surface area contributed by atoms with Crippen molar-refractivity contribution < 1.29 is 19.1 Å². The molecule has 1 aromatic carbocycles. The van der Waals surface area contributed by atoms with Crippen LogP contribution >= 0.6 is 11.8 Å². The number of thioether (sulfide) groups is 1. The largest absolute Gasteiger partial charge is 0.458 e. The fourth-order valence-corrected chi connectivity index (χ4v) is 2.46. The second-order valence-electron chi connectivity index (χ2n) is 4.11. The highest BCUT2D eigenvalue weighted by molar-refractivity contribution is 7.99. The van der Waals surface area contributed by atoms with Crippen LogP contribution in [0, 0.1) is 0 Å². The molecule has 1 atom stereocenters. The Morgan fingerprint density at radius 3 is 2.84 bits per heavy atom. The minimum absolute atomic E-state index is 0.0728. The predicted molar refractivity (Wildman–Crippen MR) is 73.1 cm³/mol. The minimum atomic E-state index is -0.423. The van der Waals surface area contributed by atoms with E-state index in [1.807, 2.05) is 6.07 Å². The summed E-state index contributed by atoms with van der Waals surface area (Å²) in [6.07, 6.45) is -0.422. The van der Waals surface area contributed by atoms with Gasteiger partial charge in [0, 0.05) is 17.1 Å². The van der Waals surface area contributed by atoms with Crippen molar-refractivity contribution in [2.45, 2.75) is 6.10 Å². The van der Waals surface area contributed by atoms with Crippen LogP contribution in [-0.4, -0.2) is 36.2 Å². The van der Waals surface area contributed by atoms with E-state index in [1.54, 1.807) is 24.3 Å². The van der Waals surface area contributed by atoms with E-state index in [0.717, 1.165) is 0 Å². The standard InChI is InChI=1S/C14H14O4S/c1-10-8-19-9-12(7-17-13(10)15)18-14(16)11-5-3-2-4-6-11/h2-6,12H,1,7-9H2. The van der Waals surface area contributed by atoms with Gasteiger partial charge in [-0.3, -0.25) is 0 Å². The van der Waals surface area contributed by atoms with Gasteiger partial charge < -0.3 is 9.47 Å². The molecule has 1 aromatic rings. The molecule has 1 fully saturated rings. The molecule has 1 aliphatic heterocycles. The van der Waals surface area contributed by atoms with Crippen LogP contribution in [0.3, 0.4) is 0 Å². The molecule has 2 rings (SSSR count). The van der Waals surface area contributed by atoms with Gasteiger partial charge >= 0.3 is 11.9 Å². The Morgan fingerprint density at radius 2 is 2.11 bits per heavy atom. The van der Waals surface area contributed by atoms with Gasteiger partial charge in [0.2, 0.25) is 0 Å². The van der Waals surface area contributed by atoms with Crippen LogP contribution < -0.4 is 0 Å². The Hall–Kier alpha value is -1.75. The fourth-order valence-electron chi connectivity index (χ4n) is 1.55. The lowest BCUT2D eigenvalue weighted by Crippen LogP contribution is -2.30. The van der Waals surface area contributed by atoms with Gasteiger partial charge in [-0.2, -0.15) is 11.8 Å². The zero-order valence-electron chi connectivity index (χ0n) is 10.3. The van der Waals surface area contributed by atoms with Crippen molar-refractivity contribution in [1.82, 2.24) is 0 Å². The fraction of sp³-hybridized carbons (Fsp3) is 0.286. The molecule has 1 saturated heterocycles. The first-order chi connectivity index (χ1) is 9.16. The van der Waals surface area contributed by atoms with Crippen molar-refractivity contribution >= 4 is 23.7 Å². The highest BCUT2D eigenvalue weighted by Gasteiger charge is 2.22. The van der Waals surface area contributed by atoms with Crippen LogP contribution in [0.4, 0.5) is 0 Å². The highest BCUT2D eigenvalue weighted by atomic mass is 32.2. The Morgan fingerprint density at radius 1 is 1.37 bits per heavy atom. The summed E-state index contributed by atoms with van der Waals surface area (Å²) in [6.45, 7) is 3.70. The number of esters is 2. The highest BCUT2D eigenvalue weighted by Crippen LogP contribution is 2.16. The van der Waals surface area contributed by atoms with Crippen LogP contribution in [0.1, 0.15) is 10.4 Å². The van der Waals surface area contributed by atoms with E-state index in [9.17, 15) is 9.59 Å². The summed E-state index contributed by atoms with van der Waals surface area (Å²) >= 11 is 1.51. The van der Waals surface area contributed by atoms with Crippen molar-refractivity contribution in [2.75, 3.05) is 18.1 Å². The molecule has 0 radical (unpaired) electrons. The summed E-state index contributed by atoms with van der Waals surface area (Å²) in [6, 6.07) is 8.75. The second kappa shape index (κ2) is 6.43. The van der Waals surface area contributed by atoms with Crippen molar-refractivity contribution in [3.05, 3.63) is 48.0 Å². The zero-order chi connectivity index (χ0) is 13.7. The molecule has 0 N–H and O–H groups in total. The van der Waals surface area contributed by atoms with Crippen molar-refractivity contribution in [2.24, 2.45) is 0 Å². The molecule has 0 saturated carbocycles.